The van der Waals surface area contributed by atoms with Gasteiger partial charge in [0.05, 0.1) is 5.60 Å². The first-order chi connectivity index (χ1) is 12.7. The van der Waals surface area contributed by atoms with E-state index >= 15 is 0 Å². The molecule has 0 amide bonds. The van der Waals surface area contributed by atoms with Gasteiger partial charge in [0, 0.05) is 17.1 Å². The summed E-state index contributed by atoms with van der Waals surface area (Å²) < 4.78 is 0. The van der Waals surface area contributed by atoms with Crippen LogP contribution >= 0.6 is 0 Å². The number of aliphatic hydroxyl groups is 1. The van der Waals surface area contributed by atoms with Gasteiger partial charge >= 0.3 is 0 Å². The topological polar surface area (TPSA) is 23.5 Å². The summed E-state index contributed by atoms with van der Waals surface area (Å²) in [5, 5.41) is 10.3. The molecule has 0 aliphatic carbocycles. The van der Waals surface area contributed by atoms with E-state index in [9.17, 15) is 5.11 Å². The van der Waals surface area contributed by atoms with Crippen molar-refractivity contribution in [2.75, 3.05) is 4.90 Å². The van der Waals surface area contributed by atoms with Crippen LogP contribution in [0.4, 0.5) is 17.1 Å². The second-order valence-electron chi connectivity index (χ2n) is 7.98. The molecule has 1 N–H and O–H groups in total. The van der Waals surface area contributed by atoms with E-state index in [4.69, 9.17) is 0 Å². The number of anilines is 3. The Morgan fingerprint density at radius 1 is 0.593 bits per heavy atom. The average molecular weight is 360 g/mol. The second-order valence-corrected chi connectivity index (χ2v) is 7.98. The second kappa shape index (κ2) is 7.21. The highest BCUT2D eigenvalue weighted by Crippen LogP contribution is 2.37. The Hall–Kier alpha value is -2.58. The third-order valence-corrected chi connectivity index (χ3v) is 5.33. The smallest absolute Gasteiger partial charge is 0.0840 e. The van der Waals surface area contributed by atoms with Crippen LogP contribution in [-0.2, 0) is 5.60 Å². The maximum Gasteiger partial charge on any atom is 0.0840 e. The highest BCUT2D eigenvalue weighted by atomic mass is 16.3. The van der Waals surface area contributed by atoms with Gasteiger partial charge in [0.25, 0.3) is 0 Å². The Morgan fingerprint density at radius 2 is 1.00 bits per heavy atom. The normalized spacial score (nSPS) is 11.5. The van der Waals surface area contributed by atoms with Gasteiger partial charge in [-0.25, -0.2) is 0 Å². The average Bonchev–Trinajstić information content (AvgIpc) is 2.61. The minimum atomic E-state index is -0.843. The Morgan fingerprint density at radius 3 is 1.37 bits per heavy atom. The lowest BCUT2D eigenvalue weighted by Crippen LogP contribution is -2.16. The molecule has 140 valence electrons. The molecular weight excluding hydrogens is 330 g/mol. The molecule has 2 heteroatoms. The molecule has 0 unspecified atom stereocenters. The Labute approximate surface area is 163 Å². The lowest BCUT2D eigenvalue weighted by Gasteiger charge is -2.27. The molecule has 3 rings (SSSR count). The largest absolute Gasteiger partial charge is 0.386 e. The quantitative estimate of drug-likeness (QED) is 0.566. The van der Waals surface area contributed by atoms with Gasteiger partial charge in [-0.3, -0.25) is 0 Å². The van der Waals surface area contributed by atoms with E-state index in [0.29, 0.717) is 0 Å². The summed E-state index contributed by atoms with van der Waals surface area (Å²) in [5.41, 5.74) is 8.54. The minimum Gasteiger partial charge on any atom is -0.386 e. The van der Waals surface area contributed by atoms with Crippen molar-refractivity contribution in [1.82, 2.24) is 0 Å². The van der Waals surface area contributed by atoms with E-state index in [2.05, 4.69) is 81.1 Å². The number of benzene rings is 3. The van der Waals surface area contributed by atoms with Crippen molar-refractivity contribution in [1.29, 1.82) is 0 Å². The fraction of sp³-hybridized carbons (Fsp3) is 0.280. The van der Waals surface area contributed by atoms with Crippen molar-refractivity contribution in [2.24, 2.45) is 0 Å². The Kier molecular flexibility index (Phi) is 5.12. The number of rotatable bonds is 4. The molecule has 0 aromatic heterocycles. The lowest BCUT2D eigenvalue weighted by molar-refractivity contribution is 0.0786. The van der Waals surface area contributed by atoms with E-state index in [1.165, 1.54) is 22.3 Å². The van der Waals surface area contributed by atoms with Crippen LogP contribution in [0.2, 0.25) is 0 Å². The van der Waals surface area contributed by atoms with E-state index in [0.717, 1.165) is 22.6 Å². The summed E-state index contributed by atoms with van der Waals surface area (Å²) in [4.78, 5) is 2.27. The van der Waals surface area contributed by atoms with Gasteiger partial charge in [-0.05, 0) is 106 Å². The van der Waals surface area contributed by atoms with Crippen LogP contribution in [0.1, 0.15) is 41.7 Å². The fourth-order valence-electron chi connectivity index (χ4n) is 3.19. The summed E-state index contributed by atoms with van der Waals surface area (Å²) in [5.74, 6) is 0. The molecule has 0 radical (unpaired) electrons. The van der Waals surface area contributed by atoms with Crippen LogP contribution in [0, 0.1) is 27.7 Å². The molecule has 0 heterocycles. The zero-order valence-electron chi connectivity index (χ0n) is 17.2. The summed E-state index contributed by atoms with van der Waals surface area (Å²) >= 11 is 0. The van der Waals surface area contributed by atoms with Gasteiger partial charge in [0.15, 0.2) is 0 Å². The standard InChI is InChI=1S/C25H29NO/c1-17-7-11-23(15-19(17)3)26(24-12-8-18(2)20(4)16-24)22-13-9-21(10-14-22)25(5,6)27/h7-16,27H,1-6H3. The van der Waals surface area contributed by atoms with E-state index in [-0.39, 0.29) is 0 Å². The van der Waals surface area contributed by atoms with Crippen LogP contribution < -0.4 is 4.90 Å². The molecule has 0 spiro atoms. The summed E-state index contributed by atoms with van der Waals surface area (Å²) in [6.45, 7) is 12.2. The molecule has 0 atom stereocenters. The van der Waals surface area contributed by atoms with E-state index in [1.54, 1.807) is 0 Å². The maximum atomic E-state index is 10.3. The molecular formula is C25H29NO. The Bertz CT molecular complexity index is 898. The maximum absolute atomic E-state index is 10.3. The number of aryl methyl sites for hydroxylation is 4. The van der Waals surface area contributed by atoms with Crippen molar-refractivity contribution < 1.29 is 5.11 Å². The predicted molar refractivity (Wildman–Crippen MR) is 115 cm³/mol. The molecule has 2 nitrogen and oxygen atoms in total. The first-order valence-electron chi connectivity index (χ1n) is 9.44. The van der Waals surface area contributed by atoms with Crippen molar-refractivity contribution in [3.63, 3.8) is 0 Å². The highest BCUT2D eigenvalue weighted by Gasteiger charge is 2.18. The zero-order chi connectivity index (χ0) is 19.8. The first-order valence-corrected chi connectivity index (χ1v) is 9.44. The predicted octanol–water partition coefficient (Wildman–Crippen LogP) is 6.62. The zero-order valence-corrected chi connectivity index (χ0v) is 17.2. The molecule has 0 fully saturated rings. The monoisotopic (exact) mass is 359 g/mol. The molecule has 3 aromatic rings. The van der Waals surface area contributed by atoms with Gasteiger partial charge in [0.2, 0.25) is 0 Å². The van der Waals surface area contributed by atoms with Crippen LogP contribution in [-0.4, -0.2) is 5.11 Å². The highest BCUT2D eigenvalue weighted by molar-refractivity contribution is 5.77. The minimum absolute atomic E-state index is 0.843. The fourth-order valence-corrected chi connectivity index (χ4v) is 3.19. The molecule has 0 aliphatic rings. The van der Waals surface area contributed by atoms with Crippen molar-refractivity contribution >= 4 is 17.1 Å². The summed E-state index contributed by atoms with van der Waals surface area (Å²) in [7, 11) is 0. The molecule has 0 saturated heterocycles. The third-order valence-electron chi connectivity index (χ3n) is 5.33. The van der Waals surface area contributed by atoms with Crippen molar-refractivity contribution in [3.8, 4) is 0 Å². The van der Waals surface area contributed by atoms with E-state index in [1.807, 2.05) is 26.0 Å². The SMILES string of the molecule is Cc1ccc(N(c2ccc(C(C)(C)O)cc2)c2ccc(C)c(C)c2)cc1C. The molecule has 0 saturated carbocycles. The lowest BCUT2D eigenvalue weighted by atomic mass is 9.98. The molecule has 27 heavy (non-hydrogen) atoms. The van der Waals surface area contributed by atoms with Crippen LogP contribution in [0.5, 0.6) is 0 Å². The van der Waals surface area contributed by atoms with Gasteiger partial charge in [-0.1, -0.05) is 24.3 Å². The summed E-state index contributed by atoms with van der Waals surface area (Å²) in [6, 6.07) is 21.3. The van der Waals surface area contributed by atoms with Crippen LogP contribution in [0.3, 0.4) is 0 Å². The summed E-state index contributed by atoms with van der Waals surface area (Å²) in [6.07, 6.45) is 0. The van der Waals surface area contributed by atoms with Gasteiger partial charge in [-0.15, -0.1) is 0 Å². The molecule has 0 aliphatic heterocycles. The van der Waals surface area contributed by atoms with Gasteiger partial charge in [0.1, 0.15) is 0 Å². The van der Waals surface area contributed by atoms with Crippen LogP contribution in [0.15, 0.2) is 60.7 Å². The van der Waals surface area contributed by atoms with Crippen LogP contribution in [0.25, 0.3) is 0 Å². The number of hydrogen-bond donors (Lipinski definition) is 1. The molecule has 3 aromatic carbocycles. The van der Waals surface area contributed by atoms with Crippen molar-refractivity contribution in [2.45, 2.75) is 47.1 Å². The number of hydrogen-bond acceptors (Lipinski definition) is 2. The Balaban J connectivity index is 2.14. The third kappa shape index (κ3) is 4.06. The first kappa shape index (κ1) is 19.2. The van der Waals surface area contributed by atoms with Gasteiger partial charge < -0.3 is 10.0 Å². The number of nitrogens with zero attached hydrogens (tertiary/aromatic N) is 1. The van der Waals surface area contributed by atoms with Crippen molar-refractivity contribution in [3.05, 3.63) is 88.5 Å². The molecule has 0 bridgehead atoms. The van der Waals surface area contributed by atoms with Gasteiger partial charge in [-0.2, -0.15) is 0 Å². The van der Waals surface area contributed by atoms with E-state index < -0.39 is 5.60 Å².